The topological polar surface area (TPSA) is 0 Å². The Morgan fingerprint density at radius 1 is 0.611 bits per heavy atom. The maximum absolute atomic E-state index is 4.28. The second-order valence-corrected chi connectivity index (χ2v) is 7.62. The van der Waals surface area contributed by atoms with Crippen molar-refractivity contribution in [1.29, 1.82) is 0 Å². The van der Waals surface area contributed by atoms with Gasteiger partial charge in [0.2, 0.25) is 0 Å². The second kappa shape index (κ2) is 9.71. The third-order valence-corrected chi connectivity index (χ3v) is 3.51. The molecule has 0 amide bonds. The van der Waals surface area contributed by atoms with Gasteiger partial charge in [-0.1, -0.05) is 0 Å². The van der Waals surface area contributed by atoms with Crippen LogP contribution in [0.25, 0.3) is 0 Å². The molecule has 0 aromatic carbocycles. The molecule has 0 N–H and O–H groups in total. The van der Waals surface area contributed by atoms with Crippen LogP contribution in [0, 0.1) is 94.4 Å². The monoisotopic (exact) mass is 462 g/mol. The maximum atomic E-state index is 4.28. The number of halogens is 2. The van der Waals surface area contributed by atoms with Crippen molar-refractivity contribution in [1.82, 2.24) is 0 Å². The van der Waals surface area contributed by atoms with Gasteiger partial charge in [-0.3, -0.25) is 0 Å². The molecule has 18 heavy (non-hydrogen) atoms. The Kier molecular flexibility index (Phi) is 9.64. The molecule has 0 spiro atoms. The van der Waals surface area contributed by atoms with Crippen molar-refractivity contribution in [3.05, 3.63) is 51.4 Å². The molecule has 4 fully saturated rings. The van der Waals surface area contributed by atoms with Crippen LogP contribution >= 0.6 is 0 Å². The quantitative estimate of drug-likeness (QED) is 0.485. The van der Waals surface area contributed by atoms with Crippen molar-refractivity contribution in [2.75, 3.05) is 0 Å². The Hall–Kier alpha value is 1.83. The van der Waals surface area contributed by atoms with Gasteiger partial charge in [-0.15, -0.1) is 0 Å². The van der Waals surface area contributed by atoms with Crippen LogP contribution in [0.5, 0.6) is 0 Å². The molecule has 0 heterocycles. The van der Waals surface area contributed by atoms with E-state index < -0.39 is 0 Å². The van der Waals surface area contributed by atoms with Gasteiger partial charge < -0.3 is 0 Å². The van der Waals surface area contributed by atoms with Gasteiger partial charge in [0.05, 0.1) is 0 Å². The summed E-state index contributed by atoms with van der Waals surface area (Å²) in [5, 5.41) is 0. The Morgan fingerprint density at radius 3 is 0.833 bits per heavy atom. The van der Waals surface area contributed by atoms with Crippen LogP contribution in [0.3, 0.4) is 0 Å². The Morgan fingerprint density at radius 2 is 0.778 bits per heavy atom. The van der Waals surface area contributed by atoms with Gasteiger partial charge >= 0.3 is 34.5 Å². The Labute approximate surface area is 141 Å². The van der Waals surface area contributed by atoms with Crippen LogP contribution in [0.1, 0.15) is 12.8 Å². The standard InChI is InChI=1S/2C7H8.2ClH.2Rh/c2*1-2-7-4-3-6(1)5-7;;;;/h2*1-4,6-7H,5H2;2*1H;;/q;;;;;+1. The summed E-state index contributed by atoms with van der Waals surface area (Å²) >= 11 is -0.00333. The number of hydrogen-bond donors (Lipinski definition) is 0. The number of rotatable bonds is 0. The van der Waals surface area contributed by atoms with Gasteiger partial charge in [-0.25, -0.2) is 0 Å². The van der Waals surface area contributed by atoms with E-state index in [-0.39, 0.29) is 34.6 Å². The minimum Gasteiger partial charge on any atom is 0 e. The summed E-state index contributed by atoms with van der Waals surface area (Å²) in [4.78, 5) is 0. The summed E-state index contributed by atoms with van der Waals surface area (Å²) in [5.41, 5.74) is 0. The van der Waals surface area contributed by atoms with E-state index in [1.165, 1.54) is 12.8 Å². The van der Waals surface area contributed by atoms with E-state index in [0.29, 0.717) is 0 Å². The Balaban J connectivity index is 0.000000143. The van der Waals surface area contributed by atoms with Crippen LogP contribution in [0.15, 0.2) is 0 Å². The van der Waals surface area contributed by atoms with Crippen LogP contribution in [-0.2, 0) is 34.6 Å². The predicted molar refractivity (Wildman–Crippen MR) is 60.4 cm³/mol. The molecule has 0 aliphatic heterocycles. The summed E-state index contributed by atoms with van der Waals surface area (Å²) in [6, 6.07) is 0. The van der Waals surface area contributed by atoms with Crippen LogP contribution in [0.2, 0.25) is 0 Å². The largest absolute Gasteiger partial charge is 0 e. The van der Waals surface area contributed by atoms with Gasteiger partial charge in [0.15, 0.2) is 0 Å². The third-order valence-electron chi connectivity index (χ3n) is 3.51. The van der Waals surface area contributed by atoms with Gasteiger partial charge in [-0.2, -0.15) is 0 Å². The minimum absolute atomic E-state index is 0. The van der Waals surface area contributed by atoms with E-state index in [1.807, 2.05) is 0 Å². The first kappa shape index (κ1) is 17.9. The predicted octanol–water partition coefficient (Wildman–Crippen LogP) is 2.37. The molecule has 105 valence electrons. The average Bonchev–Trinajstić information content (AvgIpc) is 3.13. The van der Waals surface area contributed by atoms with Gasteiger partial charge in [-0.05, 0) is 87.9 Å². The molecular weight excluding hydrogens is 445 g/mol. The fraction of sp³-hybridized carbons (Fsp3) is 0.429. The van der Waals surface area contributed by atoms with Gasteiger partial charge in [0.1, 0.15) is 0 Å². The first-order valence-corrected chi connectivity index (χ1v) is 10.5. The SMILES string of the molecule is [CH]1[CH]C2[CH][CH]C1C2.[CH]1[CH]C2[CH][CH]C1C2.[ClH+][Rh-][ClH+].[Rh]. The van der Waals surface area contributed by atoms with E-state index in [4.69, 9.17) is 0 Å². The molecule has 0 unspecified atom stereocenters. The molecule has 9 radical (unpaired) electrons. The molecule has 4 aliphatic rings. The normalized spacial score (nSPS) is 38.6. The van der Waals surface area contributed by atoms with E-state index in [0.717, 1.165) is 23.7 Å². The first-order valence-electron chi connectivity index (χ1n) is 5.91. The molecule has 0 atom stereocenters. The van der Waals surface area contributed by atoms with Crippen LogP contribution in [-0.4, -0.2) is 0 Å². The molecule has 4 saturated carbocycles. The van der Waals surface area contributed by atoms with E-state index in [1.54, 1.807) is 0 Å². The summed E-state index contributed by atoms with van der Waals surface area (Å²) in [5.74, 6) is 3.24. The van der Waals surface area contributed by atoms with E-state index in [9.17, 15) is 0 Å². The zero-order valence-electron chi connectivity index (χ0n) is 9.83. The van der Waals surface area contributed by atoms with E-state index >= 15 is 0 Å². The smallest absolute Gasteiger partial charge is 0 e. The van der Waals surface area contributed by atoms with Crippen molar-refractivity contribution >= 4 is 0 Å². The minimum atomic E-state index is -0.00333. The number of fused-ring (bicyclic) bond motifs is 4. The zero-order valence-corrected chi connectivity index (χ0v) is 14.7. The molecule has 4 aliphatic carbocycles. The average molecular weight is 463 g/mol. The summed E-state index contributed by atoms with van der Waals surface area (Å²) in [6.45, 7) is 0. The van der Waals surface area contributed by atoms with Crippen LogP contribution in [0.4, 0.5) is 0 Å². The molecule has 4 rings (SSSR count). The van der Waals surface area contributed by atoms with Crippen LogP contribution < -0.4 is 0 Å². The van der Waals surface area contributed by atoms with E-state index in [2.05, 4.69) is 70.7 Å². The van der Waals surface area contributed by atoms with Gasteiger partial charge in [0.25, 0.3) is 0 Å². The summed E-state index contributed by atoms with van der Waals surface area (Å²) in [7, 11) is 8.56. The Bertz CT molecular complexity index is 168. The molecule has 0 nitrogen and oxygen atoms in total. The fourth-order valence-corrected chi connectivity index (χ4v) is 2.66. The van der Waals surface area contributed by atoms with Gasteiger partial charge in [0, 0.05) is 19.5 Å². The molecular formula is C14H18Cl2Rh2+. The third kappa shape index (κ3) is 5.67. The molecule has 0 aromatic rings. The van der Waals surface area contributed by atoms with Crippen molar-refractivity contribution in [3.63, 3.8) is 0 Å². The van der Waals surface area contributed by atoms with Crippen molar-refractivity contribution < 1.29 is 54.0 Å². The molecule has 0 saturated heterocycles. The molecule has 4 bridgehead atoms. The second-order valence-electron chi connectivity index (χ2n) is 4.72. The van der Waals surface area contributed by atoms with Crippen molar-refractivity contribution in [3.8, 4) is 0 Å². The summed E-state index contributed by atoms with van der Waals surface area (Å²) in [6.07, 6.45) is 21.1. The fourth-order valence-electron chi connectivity index (χ4n) is 2.66. The summed E-state index contributed by atoms with van der Waals surface area (Å²) < 4.78 is 0. The number of hydrogen-bond acceptors (Lipinski definition) is 0. The van der Waals surface area contributed by atoms with Crippen molar-refractivity contribution in [2.24, 2.45) is 23.7 Å². The van der Waals surface area contributed by atoms with Crippen molar-refractivity contribution in [2.45, 2.75) is 12.8 Å². The molecule has 0 aromatic heterocycles. The zero-order chi connectivity index (χ0) is 12.1. The molecule has 4 heteroatoms. The maximum Gasteiger partial charge on any atom is 0 e. The first-order chi connectivity index (χ1) is 8.31.